The molecule has 0 aromatic heterocycles. The molecule has 4 unspecified atom stereocenters. The van der Waals surface area contributed by atoms with Gasteiger partial charge in [0.15, 0.2) is 12.2 Å². The van der Waals surface area contributed by atoms with Crippen LogP contribution in [0.3, 0.4) is 0 Å². The molecule has 97 heavy (non-hydrogen) atoms. The molecule has 0 spiro atoms. The molecule has 17 nitrogen and oxygen atoms in total. The number of rotatable bonds is 76. The Morgan fingerprint density at radius 2 is 0.526 bits per heavy atom. The lowest BCUT2D eigenvalue weighted by atomic mass is 9.99. The van der Waals surface area contributed by atoms with Crippen molar-refractivity contribution < 1.29 is 80.2 Å². The van der Waals surface area contributed by atoms with Gasteiger partial charge in [-0.2, -0.15) is 0 Å². The summed E-state index contributed by atoms with van der Waals surface area (Å²) in [4.78, 5) is 72.9. The second-order valence-electron chi connectivity index (χ2n) is 29.1. The minimum atomic E-state index is -4.96. The van der Waals surface area contributed by atoms with Crippen LogP contribution in [0, 0.1) is 17.8 Å². The van der Waals surface area contributed by atoms with E-state index in [1.807, 2.05) is 0 Å². The second-order valence-corrected chi connectivity index (χ2v) is 32.0. The fourth-order valence-electron chi connectivity index (χ4n) is 11.9. The summed E-state index contributed by atoms with van der Waals surface area (Å²) in [5.41, 5.74) is 0. The van der Waals surface area contributed by atoms with E-state index in [1.54, 1.807) is 0 Å². The first-order chi connectivity index (χ1) is 46.8. The zero-order chi connectivity index (χ0) is 71.6. The van der Waals surface area contributed by atoms with Crippen LogP contribution >= 0.6 is 15.6 Å². The number of phosphoric acid groups is 2. The molecule has 0 saturated carbocycles. The summed E-state index contributed by atoms with van der Waals surface area (Å²) in [5, 5.41) is 10.6. The van der Waals surface area contributed by atoms with E-state index in [0.29, 0.717) is 25.7 Å². The highest BCUT2D eigenvalue weighted by Gasteiger charge is 2.30. The molecule has 0 bridgehead atoms. The zero-order valence-corrected chi connectivity index (χ0v) is 65.3. The maximum absolute atomic E-state index is 13.1. The number of ether oxygens (including phenoxy) is 4. The molecular weight excluding hydrogens is 1270 g/mol. The van der Waals surface area contributed by atoms with Gasteiger partial charge in [-0.3, -0.25) is 37.3 Å². The van der Waals surface area contributed by atoms with Crippen LogP contribution < -0.4 is 0 Å². The molecule has 0 aromatic carbocycles. The van der Waals surface area contributed by atoms with E-state index >= 15 is 0 Å². The van der Waals surface area contributed by atoms with E-state index in [-0.39, 0.29) is 25.7 Å². The summed E-state index contributed by atoms with van der Waals surface area (Å²) in [7, 11) is -9.92. The van der Waals surface area contributed by atoms with Crippen LogP contribution in [0.1, 0.15) is 402 Å². The molecular formula is C78H152O17P2. The first-order valence-corrected chi connectivity index (χ1v) is 43.4. The number of aliphatic hydroxyl groups is 1. The molecule has 19 heteroatoms. The van der Waals surface area contributed by atoms with Gasteiger partial charge < -0.3 is 33.8 Å². The standard InChI is InChI=1S/C78H152O17P2/c1-8-11-12-13-14-15-16-17-18-19-20-21-22-27-33-38-47-54-61-77(82)94-73(65-88-75(80)59-52-45-37-32-26-24-23-25-30-35-42-49-56-69(4)5)67-92-96(84,85)90-63-72(79)64-91-97(86,87)93-68-74(66-89-76(81)60-53-46-41-40-44-51-58-71(7)10-3)95-78(83)62-55-48-39-34-29-28-31-36-43-50-57-70(6)9-2/h69-74,79H,8-68H2,1-7H3,(H,84,85)(H,86,87)/t70?,71?,72-,73-,74-/m1/s1. The molecule has 0 heterocycles. The van der Waals surface area contributed by atoms with Crippen molar-refractivity contribution in [2.24, 2.45) is 17.8 Å². The molecule has 0 amide bonds. The van der Waals surface area contributed by atoms with Crippen molar-refractivity contribution in [2.75, 3.05) is 39.6 Å². The van der Waals surface area contributed by atoms with Gasteiger partial charge in [-0.25, -0.2) is 9.13 Å². The molecule has 0 radical (unpaired) electrons. The van der Waals surface area contributed by atoms with Crippen LogP contribution in [0.25, 0.3) is 0 Å². The third kappa shape index (κ3) is 69.5. The average molecular weight is 1420 g/mol. The normalized spacial score (nSPS) is 14.6. The van der Waals surface area contributed by atoms with Gasteiger partial charge in [0.05, 0.1) is 26.4 Å². The Bertz CT molecular complexity index is 1890. The van der Waals surface area contributed by atoms with Crippen LogP contribution in [-0.4, -0.2) is 96.7 Å². The van der Waals surface area contributed by atoms with Gasteiger partial charge in [-0.15, -0.1) is 0 Å². The molecule has 0 aliphatic rings. The monoisotopic (exact) mass is 1420 g/mol. The van der Waals surface area contributed by atoms with Crippen molar-refractivity contribution in [3.05, 3.63) is 0 Å². The fraction of sp³-hybridized carbons (Fsp3) is 0.949. The van der Waals surface area contributed by atoms with Crippen LogP contribution in [0.4, 0.5) is 0 Å². The Morgan fingerprint density at radius 3 is 0.784 bits per heavy atom. The van der Waals surface area contributed by atoms with E-state index < -0.39 is 97.5 Å². The number of hydrogen-bond donors (Lipinski definition) is 3. The number of hydrogen-bond acceptors (Lipinski definition) is 15. The molecule has 0 aliphatic heterocycles. The SMILES string of the molecule is CCCCCCCCCCCCCCCCCCCCC(=O)O[C@H](COC(=O)CCCCCCCCCCCCCCC(C)C)COP(=O)(O)OC[C@@H](O)COP(=O)(O)OC[C@@H](COC(=O)CCCCCCCCC(C)CC)OC(=O)CCCCCCCCCCCCC(C)CC. The molecule has 0 aromatic rings. The molecule has 0 saturated heterocycles. The van der Waals surface area contributed by atoms with Crippen molar-refractivity contribution in [1.82, 2.24) is 0 Å². The van der Waals surface area contributed by atoms with Crippen LogP contribution in [0.2, 0.25) is 0 Å². The largest absolute Gasteiger partial charge is 0.472 e. The number of carbonyl (C=O) groups excluding carboxylic acids is 4. The smallest absolute Gasteiger partial charge is 0.462 e. The molecule has 7 atom stereocenters. The van der Waals surface area contributed by atoms with Gasteiger partial charge in [0.1, 0.15) is 19.3 Å². The summed E-state index contributed by atoms with van der Waals surface area (Å²) in [6.07, 6.45) is 55.4. The summed E-state index contributed by atoms with van der Waals surface area (Å²) in [5.74, 6) is 0.200. The maximum atomic E-state index is 13.1. The number of phosphoric ester groups is 2. The van der Waals surface area contributed by atoms with Crippen molar-refractivity contribution >= 4 is 39.5 Å². The van der Waals surface area contributed by atoms with Gasteiger partial charge in [0, 0.05) is 25.7 Å². The number of aliphatic hydroxyl groups excluding tert-OH is 1. The fourth-order valence-corrected chi connectivity index (χ4v) is 13.5. The first kappa shape index (κ1) is 95.1. The van der Waals surface area contributed by atoms with Crippen molar-refractivity contribution in [1.29, 1.82) is 0 Å². The summed E-state index contributed by atoms with van der Waals surface area (Å²) in [6, 6.07) is 0. The van der Waals surface area contributed by atoms with E-state index in [0.717, 1.165) is 114 Å². The van der Waals surface area contributed by atoms with Gasteiger partial charge in [0.2, 0.25) is 0 Å². The van der Waals surface area contributed by atoms with Gasteiger partial charge >= 0.3 is 39.5 Å². The molecule has 0 fully saturated rings. The highest BCUT2D eigenvalue weighted by atomic mass is 31.2. The van der Waals surface area contributed by atoms with E-state index in [1.165, 1.54) is 205 Å². The minimum Gasteiger partial charge on any atom is -0.462 e. The van der Waals surface area contributed by atoms with Gasteiger partial charge in [-0.05, 0) is 43.4 Å². The maximum Gasteiger partial charge on any atom is 0.472 e. The summed E-state index contributed by atoms with van der Waals surface area (Å²) in [6.45, 7) is 11.9. The summed E-state index contributed by atoms with van der Waals surface area (Å²) < 4.78 is 68.6. The highest BCUT2D eigenvalue weighted by molar-refractivity contribution is 7.47. The van der Waals surface area contributed by atoms with Crippen molar-refractivity contribution in [2.45, 2.75) is 420 Å². The lowest BCUT2D eigenvalue weighted by Gasteiger charge is -2.21. The Balaban J connectivity index is 5.26. The second kappa shape index (κ2) is 68.5. The molecule has 3 N–H and O–H groups in total. The minimum absolute atomic E-state index is 0.105. The number of unbranched alkanes of at least 4 members (excludes halogenated alkanes) is 42. The first-order valence-electron chi connectivity index (χ1n) is 40.4. The van der Waals surface area contributed by atoms with E-state index in [4.69, 9.17) is 37.0 Å². The highest BCUT2D eigenvalue weighted by Crippen LogP contribution is 2.45. The Kier molecular flexibility index (Phi) is 67.1. The third-order valence-electron chi connectivity index (χ3n) is 18.9. The zero-order valence-electron chi connectivity index (χ0n) is 63.5. The molecule has 0 aliphatic carbocycles. The Labute approximate surface area is 594 Å². The quantitative estimate of drug-likeness (QED) is 0.0222. The molecule has 0 rings (SSSR count). The molecule has 576 valence electrons. The van der Waals surface area contributed by atoms with Crippen molar-refractivity contribution in [3.8, 4) is 0 Å². The lowest BCUT2D eigenvalue weighted by molar-refractivity contribution is -0.161. The van der Waals surface area contributed by atoms with Crippen molar-refractivity contribution in [3.63, 3.8) is 0 Å². The predicted molar refractivity (Wildman–Crippen MR) is 395 cm³/mol. The topological polar surface area (TPSA) is 237 Å². The number of esters is 4. The van der Waals surface area contributed by atoms with E-state index in [9.17, 15) is 43.2 Å². The van der Waals surface area contributed by atoms with Crippen LogP contribution in [-0.2, 0) is 65.4 Å². The van der Waals surface area contributed by atoms with Gasteiger partial charge in [-0.1, -0.05) is 350 Å². The Hall–Kier alpha value is -1.94. The average Bonchev–Trinajstić information content (AvgIpc) is 1.38. The van der Waals surface area contributed by atoms with Gasteiger partial charge in [0.25, 0.3) is 0 Å². The Morgan fingerprint density at radius 1 is 0.299 bits per heavy atom. The van der Waals surface area contributed by atoms with E-state index in [2.05, 4.69) is 48.5 Å². The lowest BCUT2D eigenvalue weighted by Crippen LogP contribution is -2.30. The third-order valence-corrected chi connectivity index (χ3v) is 20.8. The number of carbonyl (C=O) groups is 4. The summed E-state index contributed by atoms with van der Waals surface area (Å²) >= 11 is 0. The predicted octanol–water partition coefficient (Wildman–Crippen LogP) is 23.0. The van der Waals surface area contributed by atoms with Crippen LogP contribution in [0.15, 0.2) is 0 Å². The van der Waals surface area contributed by atoms with Crippen LogP contribution in [0.5, 0.6) is 0 Å².